The number of amidine groups is 1. The van der Waals surface area contributed by atoms with E-state index in [-0.39, 0.29) is 5.84 Å². The van der Waals surface area contributed by atoms with Crippen molar-refractivity contribution >= 4 is 17.6 Å². The molecule has 0 aliphatic rings. The molecule has 1 aromatic heterocycles. The second-order valence-corrected chi connectivity index (χ2v) is 4.26. The molecule has 0 amide bonds. The maximum atomic E-state index is 8.71. The predicted octanol–water partition coefficient (Wildman–Crippen LogP) is 1.06. The van der Waals surface area contributed by atoms with Gasteiger partial charge in [0.05, 0.1) is 0 Å². The van der Waals surface area contributed by atoms with E-state index in [0.29, 0.717) is 5.56 Å². The number of nitrogens with zero attached hydrogens (tertiary/aromatic N) is 4. The van der Waals surface area contributed by atoms with Gasteiger partial charge in [0.2, 0.25) is 0 Å². The third kappa shape index (κ3) is 2.39. The number of hydrogen-bond acceptors (Lipinski definition) is 5. The first-order valence-corrected chi connectivity index (χ1v) is 5.63. The van der Waals surface area contributed by atoms with Gasteiger partial charge in [-0.1, -0.05) is 23.4 Å². The molecular formula is C10H11N5OS. The van der Waals surface area contributed by atoms with Gasteiger partial charge < -0.3 is 10.9 Å². The van der Waals surface area contributed by atoms with Crippen molar-refractivity contribution in [3.05, 3.63) is 36.2 Å². The van der Waals surface area contributed by atoms with Gasteiger partial charge in [-0.05, 0) is 17.8 Å². The lowest BCUT2D eigenvalue weighted by molar-refractivity contribution is 0.318. The molecule has 0 unspecified atom stereocenters. The molecule has 0 bridgehead atoms. The molecule has 1 aromatic carbocycles. The fraction of sp³-hybridized carbons (Fsp3) is 0.100. The van der Waals surface area contributed by atoms with Crippen molar-refractivity contribution in [2.75, 3.05) is 0 Å². The Morgan fingerprint density at radius 3 is 2.88 bits per heavy atom. The molecule has 2 aromatic rings. The summed E-state index contributed by atoms with van der Waals surface area (Å²) in [7, 11) is 1.81. The Labute approximate surface area is 102 Å². The average molecular weight is 249 g/mol. The van der Waals surface area contributed by atoms with Crippen LogP contribution < -0.4 is 5.73 Å². The van der Waals surface area contributed by atoms with Crippen molar-refractivity contribution in [3.8, 4) is 0 Å². The highest BCUT2D eigenvalue weighted by Crippen LogP contribution is 2.28. The second-order valence-electron chi connectivity index (χ2n) is 3.25. The van der Waals surface area contributed by atoms with Crippen molar-refractivity contribution in [2.45, 2.75) is 10.1 Å². The average Bonchev–Trinajstić information content (AvgIpc) is 2.75. The highest BCUT2D eigenvalue weighted by Gasteiger charge is 2.10. The normalized spacial score (nSPS) is 11.7. The van der Waals surface area contributed by atoms with E-state index in [1.807, 2.05) is 18.2 Å². The summed E-state index contributed by atoms with van der Waals surface area (Å²) in [5.74, 6) is 0.0790. The van der Waals surface area contributed by atoms with E-state index in [1.165, 1.54) is 18.1 Å². The van der Waals surface area contributed by atoms with Gasteiger partial charge in [0.25, 0.3) is 0 Å². The monoisotopic (exact) mass is 249 g/mol. The Balaban J connectivity index is 2.36. The zero-order valence-corrected chi connectivity index (χ0v) is 9.92. The van der Waals surface area contributed by atoms with Crippen molar-refractivity contribution in [3.63, 3.8) is 0 Å². The molecular weight excluding hydrogens is 238 g/mol. The van der Waals surface area contributed by atoms with Crippen LogP contribution in [0.2, 0.25) is 0 Å². The fourth-order valence-electron chi connectivity index (χ4n) is 1.30. The molecule has 0 saturated carbocycles. The molecule has 0 fully saturated rings. The molecule has 0 saturated heterocycles. The Morgan fingerprint density at radius 1 is 1.47 bits per heavy atom. The number of aryl methyl sites for hydroxylation is 1. The van der Waals surface area contributed by atoms with Crippen LogP contribution in [0.3, 0.4) is 0 Å². The van der Waals surface area contributed by atoms with Crippen molar-refractivity contribution in [1.82, 2.24) is 14.8 Å². The van der Waals surface area contributed by atoms with Crippen LogP contribution in [0.25, 0.3) is 0 Å². The molecule has 3 N–H and O–H groups in total. The number of rotatable bonds is 3. The second kappa shape index (κ2) is 4.88. The third-order valence-electron chi connectivity index (χ3n) is 2.14. The zero-order valence-electron chi connectivity index (χ0n) is 9.11. The highest BCUT2D eigenvalue weighted by molar-refractivity contribution is 7.99. The maximum absolute atomic E-state index is 8.71. The van der Waals surface area contributed by atoms with Crippen LogP contribution in [0.5, 0.6) is 0 Å². The number of benzene rings is 1. The van der Waals surface area contributed by atoms with E-state index >= 15 is 0 Å². The van der Waals surface area contributed by atoms with Gasteiger partial charge in [-0.3, -0.25) is 0 Å². The Hall–Kier alpha value is -2.02. The first-order chi connectivity index (χ1) is 8.22. The molecule has 88 valence electrons. The SMILES string of the molecule is Cn1ncnc1Sc1ccccc1/C(N)=N/O. The van der Waals surface area contributed by atoms with Gasteiger partial charge >= 0.3 is 0 Å². The number of oxime groups is 1. The quantitative estimate of drug-likeness (QED) is 0.367. The number of aromatic nitrogens is 3. The van der Waals surface area contributed by atoms with E-state index in [0.717, 1.165) is 10.1 Å². The molecule has 0 aliphatic heterocycles. The van der Waals surface area contributed by atoms with E-state index < -0.39 is 0 Å². The van der Waals surface area contributed by atoms with Crippen LogP contribution in [0.4, 0.5) is 0 Å². The van der Waals surface area contributed by atoms with Crippen LogP contribution in [0.15, 0.2) is 45.8 Å². The van der Waals surface area contributed by atoms with Crippen molar-refractivity contribution < 1.29 is 5.21 Å². The lowest BCUT2D eigenvalue weighted by Crippen LogP contribution is -2.14. The van der Waals surface area contributed by atoms with Crippen LogP contribution >= 0.6 is 11.8 Å². The van der Waals surface area contributed by atoms with E-state index in [2.05, 4.69) is 15.2 Å². The van der Waals surface area contributed by atoms with Crippen LogP contribution in [-0.2, 0) is 7.05 Å². The molecule has 0 radical (unpaired) electrons. The Bertz CT molecular complexity index is 551. The standard InChI is InChI=1S/C10H11N5OS/c1-15-10(12-6-13-15)17-8-5-3-2-4-7(8)9(11)14-16/h2-6,16H,1H3,(H2,11,14). The zero-order chi connectivity index (χ0) is 12.3. The van der Waals surface area contributed by atoms with E-state index in [4.69, 9.17) is 10.9 Å². The van der Waals surface area contributed by atoms with Gasteiger partial charge in [-0.2, -0.15) is 5.10 Å². The Morgan fingerprint density at radius 2 is 2.24 bits per heavy atom. The summed E-state index contributed by atoms with van der Waals surface area (Å²) < 4.78 is 1.66. The minimum absolute atomic E-state index is 0.0790. The summed E-state index contributed by atoms with van der Waals surface area (Å²) in [5, 5.41) is 16.4. The lowest BCUT2D eigenvalue weighted by atomic mass is 10.2. The van der Waals surface area contributed by atoms with Crippen molar-refractivity contribution in [2.24, 2.45) is 17.9 Å². The van der Waals surface area contributed by atoms with Gasteiger partial charge in [0, 0.05) is 17.5 Å². The highest BCUT2D eigenvalue weighted by atomic mass is 32.2. The fourth-order valence-corrected chi connectivity index (χ4v) is 2.20. The first kappa shape index (κ1) is 11.5. The minimum Gasteiger partial charge on any atom is -0.409 e. The largest absolute Gasteiger partial charge is 0.409 e. The first-order valence-electron chi connectivity index (χ1n) is 4.81. The summed E-state index contributed by atoms with van der Waals surface area (Å²) in [6.45, 7) is 0. The summed E-state index contributed by atoms with van der Waals surface area (Å²) in [5.41, 5.74) is 6.28. The van der Waals surface area contributed by atoms with Gasteiger partial charge in [0.15, 0.2) is 11.0 Å². The summed E-state index contributed by atoms with van der Waals surface area (Å²) >= 11 is 1.41. The molecule has 17 heavy (non-hydrogen) atoms. The van der Waals surface area contributed by atoms with Gasteiger partial charge in [-0.15, -0.1) is 0 Å². The third-order valence-corrected chi connectivity index (χ3v) is 3.27. The summed E-state index contributed by atoms with van der Waals surface area (Å²) in [6, 6.07) is 7.38. The number of nitrogens with two attached hydrogens (primary N) is 1. The Kier molecular flexibility index (Phi) is 3.29. The lowest BCUT2D eigenvalue weighted by Gasteiger charge is -2.06. The topological polar surface area (TPSA) is 89.3 Å². The van der Waals surface area contributed by atoms with Crippen LogP contribution in [-0.4, -0.2) is 25.8 Å². The minimum atomic E-state index is 0.0790. The van der Waals surface area contributed by atoms with Crippen molar-refractivity contribution in [1.29, 1.82) is 0 Å². The number of hydrogen-bond donors (Lipinski definition) is 2. The van der Waals surface area contributed by atoms with Crippen LogP contribution in [0.1, 0.15) is 5.56 Å². The molecule has 7 heteroatoms. The van der Waals surface area contributed by atoms with E-state index in [9.17, 15) is 0 Å². The van der Waals surface area contributed by atoms with Gasteiger partial charge in [-0.25, -0.2) is 9.67 Å². The molecule has 0 atom stereocenters. The molecule has 0 spiro atoms. The molecule has 0 aliphatic carbocycles. The van der Waals surface area contributed by atoms with E-state index in [1.54, 1.807) is 17.8 Å². The molecule has 1 heterocycles. The van der Waals surface area contributed by atoms with Gasteiger partial charge in [0.1, 0.15) is 6.33 Å². The van der Waals surface area contributed by atoms with Crippen LogP contribution in [0, 0.1) is 0 Å². The summed E-state index contributed by atoms with van der Waals surface area (Å²) in [6.07, 6.45) is 1.48. The maximum Gasteiger partial charge on any atom is 0.190 e. The smallest absolute Gasteiger partial charge is 0.190 e. The predicted molar refractivity (Wildman–Crippen MR) is 64.1 cm³/mol. The molecule has 2 rings (SSSR count). The molecule has 6 nitrogen and oxygen atoms in total. The summed E-state index contributed by atoms with van der Waals surface area (Å²) in [4.78, 5) is 4.97.